The lowest BCUT2D eigenvalue weighted by Crippen LogP contribution is -2.29. The van der Waals surface area contributed by atoms with Crippen LogP contribution in [0, 0.1) is 6.92 Å². The Bertz CT molecular complexity index is 379. The molecule has 1 aliphatic heterocycles. The normalized spacial score (nSPS) is 23.5. The van der Waals surface area contributed by atoms with Crippen LogP contribution in [0.1, 0.15) is 36.9 Å². The molecule has 5 heteroatoms. The van der Waals surface area contributed by atoms with E-state index in [1.165, 1.54) is 0 Å². The third kappa shape index (κ3) is 2.97. The molecular formula is C12H20N2O2S. The van der Waals surface area contributed by atoms with Gasteiger partial charge in [0.25, 0.3) is 0 Å². The highest BCUT2D eigenvalue weighted by molar-refractivity contribution is 7.15. The fraction of sp³-hybridized carbons (Fsp3) is 0.750. The Morgan fingerprint density at radius 3 is 3.00 bits per heavy atom. The van der Waals surface area contributed by atoms with Crippen LogP contribution < -0.4 is 4.90 Å². The Morgan fingerprint density at radius 2 is 2.35 bits per heavy atom. The van der Waals surface area contributed by atoms with Gasteiger partial charge in [-0.2, -0.15) is 0 Å². The van der Waals surface area contributed by atoms with Crippen molar-refractivity contribution in [3.63, 3.8) is 0 Å². The molecule has 1 aromatic heterocycles. The molecule has 1 saturated heterocycles. The maximum Gasteiger partial charge on any atom is 0.185 e. The summed E-state index contributed by atoms with van der Waals surface area (Å²) in [6.45, 7) is 8.53. The number of nitrogens with zero attached hydrogens (tertiary/aromatic N) is 2. The number of aromatic nitrogens is 1. The fourth-order valence-corrected chi connectivity index (χ4v) is 3.12. The monoisotopic (exact) mass is 256 g/mol. The highest BCUT2D eigenvalue weighted by Gasteiger charge is 2.20. The van der Waals surface area contributed by atoms with E-state index in [-0.39, 0.29) is 6.10 Å². The van der Waals surface area contributed by atoms with Gasteiger partial charge in [-0.1, -0.05) is 11.3 Å². The number of aryl methyl sites for hydroxylation is 1. The molecule has 0 spiro atoms. The zero-order chi connectivity index (χ0) is 12.4. The van der Waals surface area contributed by atoms with Crippen molar-refractivity contribution in [2.24, 2.45) is 0 Å². The van der Waals surface area contributed by atoms with Crippen LogP contribution in [0.2, 0.25) is 0 Å². The van der Waals surface area contributed by atoms with Crippen molar-refractivity contribution in [1.82, 2.24) is 4.98 Å². The highest BCUT2D eigenvalue weighted by Crippen LogP contribution is 2.31. The summed E-state index contributed by atoms with van der Waals surface area (Å²) < 4.78 is 5.62. The van der Waals surface area contributed by atoms with Crippen LogP contribution in [0.5, 0.6) is 0 Å². The van der Waals surface area contributed by atoms with E-state index in [0.29, 0.717) is 0 Å². The minimum Gasteiger partial charge on any atom is -0.388 e. The molecule has 0 aromatic carbocycles. The van der Waals surface area contributed by atoms with Crippen LogP contribution in [0.15, 0.2) is 0 Å². The number of aliphatic hydroxyl groups is 1. The van der Waals surface area contributed by atoms with Gasteiger partial charge in [-0.05, 0) is 27.2 Å². The second kappa shape index (κ2) is 5.33. The molecule has 1 N–H and O–H groups in total. The molecule has 0 radical (unpaired) electrons. The van der Waals surface area contributed by atoms with Gasteiger partial charge in [0.05, 0.1) is 22.8 Å². The Balaban J connectivity index is 2.18. The summed E-state index contributed by atoms with van der Waals surface area (Å²) in [6.07, 6.45) is 0.853. The van der Waals surface area contributed by atoms with Crippen molar-refractivity contribution in [3.05, 3.63) is 10.6 Å². The van der Waals surface area contributed by atoms with Crippen molar-refractivity contribution in [3.8, 4) is 0 Å². The molecule has 0 amide bonds. The molecule has 2 heterocycles. The summed E-state index contributed by atoms with van der Waals surface area (Å²) in [6, 6.07) is 0. The first-order valence-electron chi connectivity index (χ1n) is 6.10. The van der Waals surface area contributed by atoms with Crippen molar-refractivity contribution in [2.75, 3.05) is 24.6 Å². The van der Waals surface area contributed by atoms with Crippen LogP contribution in [0.3, 0.4) is 0 Å². The topological polar surface area (TPSA) is 45.6 Å². The van der Waals surface area contributed by atoms with E-state index in [9.17, 15) is 5.11 Å². The Labute approximate surface area is 106 Å². The van der Waals surface area contributed by atoms with Gasteiger partial charge in [0.2, 0.25) is 0 Å². The first kappa shape index (κ1) is 12.8. The van der Waals surface area contributed by atoms with E-state index in [0.717, 1.165) is 41.8 Å². The lowest BCUT2D eigenvalue weighted by molar-refractivity contribution is 0.0821. The fourth-order valence-electron chi connectivity index (χ4n) is 2.08. The largest absolute Gasteiger partial charge is 0.388 e. The summed E-state index contributed by atoms with van der Waals surface area (Å²) in [5.41, 5.74) is 0.942. The van der Waals surface area contributed by atoms with Gasteiger partial charge in [-0.25, -0.2) is 4.98 Å². The number of hydrogen-bond acceptors (Lipinski definition) is 5. The molecule has 0 saturated carbocycles. The summed E-state index contributed by atoms with van der Waals surface area (Å²) in [5, 5.41) is 10.7. The quantitative estimate of drug-likeness (QED) is 0.880. The van der Waals surface area contributed by atoms with Crippen LogP contribution in [-0.4, -0.2) is 35.9 Å². The first-order valence-corrected chi connectivity index (χ1v) is 6.91. The standard InChI is InChI=1S/C12H20N2O2S/c1-8-7-14(5-4-6-16-8)12-13-9(2)11(17-12)10(3)15/h8,10,15H,4-7H2,1-3H3. The third-order valence-corrected chi connectivity index (χ3v) is 4.31. The molecule has 96 valence electrons. The predicted octanol–water partition coefficient (Wildman–Crippen LogP) is 2.12. The van der Waals surface area contributed by atoms with Gasteiger partial charge in [-0.3, -0.25) is 0 Å². The van der Waals surface area contributed by atoms with Gasteiger partial charge >= 0.3 is 0 Å². The van der Waals surface area contributed by atoms with Gasteiger partial charge in [-0.15, -0.1) is 0 Å². The molecular weight excluding hydrogens is 236 g/mol. The lowest BCUT2D eigenvalue weighted by atomic mass is 10.3. The average molecular weight is 256 g/mol. The van der Waals surface area contributed by atoms with E-state index in [4.69, 9.17) is 4.74 Å². The summed E-state index contributed by atoms with van der Waals surface area (Å²) in [4.78, 5) is 7.80. The second-order valence-corrected chi connectivity index (χ2v) is 5.61. The van der Waals surface area contributed by atoms with Gasteiger partial charge in [0.15, 0.2) is 5.13 Å². The molecule has 0 bridgehead atoms. The molecule has 17 heavy (non-hydrogen) atoms. The molecule has 1 fully saturated rings. The molecule has 1 aliphatic rings. The molecule has 2 atom stereocenters. The molecule has 4 nitrogen and oxygen atoms in total. The molecule has 0 aliphatic carbocycles. The van der Waals surface area contributed by atoms with E-state index < -0.39 is 6.10 Å². The third-order valence-electron chi connectivity index (χ3n) is 2.92. The summed E-state index contributed by atoms with van der Waals surface area (Å²) >= 11 is 1.59. The van der Waals surface area contributed by atoms with Crippen molar-refractivity contribution in [2.45, 2.75) is 39.4 Å². The van der Waals surface area contributed by atoms with Gasteiger partial charge in [0, 0.05) is 19.7 Å². The Hall–Kier alpha value is -0.650. The van der Waals surface area contributed by atoms with Crippen molar-refractivity contribution < 1.29 is 9.84 Å². The van der Waals surface area contributed by atoms with E-state index in [2.05, 4.69) is 16.8 Å². The van der Waals surface area contributed by atoms with Crippen molar-refractivity contribution >= 4 is 16.5 Å². The predicted molar refractivity (Wildman–Crippen MR) is 69.7 cm³/mol. The zero-order valence-electron chi connectivity index (χ0n) is 10.6. The van der Waals surface area contributed by atoms with E-state index in [1.807, 2.05) is 6.92 Å². The number of anilines is 1. The Kier molecular flexibility index (Phi) is 4.01. The van der Waals surface area contributed by atoms with Crippen LogP contribution in [0.25, 0.3) is 0 Å². The van der Waals surface area contributed by atoms with E-state index in [1.54, 1.807) is 18.3 Å². The van der Waals surface area contributed by atoms with Crippen LogP contribution in [-0.2, 0) is 4.74 Å². The number of hydrogen-bond donors (Lipinski definition) is 1. The average Bonchev–Trinajstić information content (AvgIpc) is 2.51. The van der Waals surface area contributed by atoms with Gasteiger partial charge in [0.1, 0.15) is 0 Å². The second-order valence-electron chi connectivity index (χ2n) is 4.60. The van der Waals surface area contributed by atoms with Crippen LogP contribution >= 0.6 is 11.3 Å². The van der Waals surface area contributed by atoms with Crippen LogP contribution in [0.4, 0.5) is 5.13 Å². The van der Waals surface area contributed by atoms with Crippen molar-refractivity contribution in [1.29, 1.82) is 0 Å². The zero-order valence-corrected chi connectivity index (χ0v) is 11.5. The molecule has 2 unspecified atom stereocenters. The Morgan fingerprint density at radius 1 is 1.59 bits per heavy atom. The number of thiazole rings is 1. The molecule has 2 rings (SSSR count). The first-order chi connectivity index (χ1) is 8.08. The maximum absolute atomic E-state index is 9.65. The minimum atomic E-state index is -0.429. The highest BCUT2D eigenvalue weighted by atomic mass is 32.1. The summed E-state index contributed by atoms with van der Waals surface area (Å²) in [5.74, 6) is 0. The SMILES string of the molecule is Cc1nc(N2CCCOC(C)C2)sc1C(C)O. The number of ether oxygens (including phenoxy) is 1. The smallest absolute Gasteiger partial charge is 0.185 e. The molecule has 1 aromatic rings. The maximum atomic E-state index is 9.65. The number of aliphatic hydroxyl groups excluding tert-OH is 1. The lowest BCUT2D eigenvalue weighted by Gasteiger charge is -2.20. The summed E-state index contributed by atoms with van der Waals surface area (Å²) in [7, 11) is 0. The van der Waals surface area contributed by atoms with E-state index >= 15 is 0 Å². The van der Waals surface area contributed by atoms with Gasteiger partial charge < -0.3 is 14.7 Å². The minimum absolute atomic E-state index is 0.247. The number of rotatable bonds is 2.